The Morgan fingerprint density at radius 1 is 1.12 bits per heavy atom. The van der Waals surface area contributed by atoms with Crippen molar-refractivity contribution in [2.45, 2.75) is 38.5 Å². The van der Waals surface area contributed by atoms with Crippen LogP contribution in [-0.2, 0) is 4.57 Å². The van der Waals surface area contributed by atoms with E-state index in [1.54, 1.807) is 28.9 Å². The van der Waals surface area contributed by atoms with Gasteiger partial charge in [-0.15, -0.1) is 0 Å². The zero-order valence-corrected chi connectivity index (χ0v) is 19.3. The Morgan fingerprint density at radius 2 is 1.88 bits per heavy atom. The van der Waals surface area contributed by atoms with Crippen molar-refractivity contribution in [3.05, 3.63) is 71.7 Å². The van der Waals surface area contributed by atoms with Crippen LogP contribution in [0.5, 0.6) is 5.75 Å². The summed E-state index contributed by atoms with van der Waals surface area (Å²) in [6.45, 7) is 3.83. The molecule has 0 spiro atoms. The van der Waals surface area contributed by atoms with Gasteiger partial charge in [0, 0.05) is 29.3 Å². The van der Waals surface area contributed by atoms with Crippen LogP contribution in [0.1, 0.15) is 49.8 Å². The van der Waals surface area contributed by atoms with Crippen LogP contribution in [-0.4, -0.2) is 24.2 Å². The molecule has 1 aliphatic rings. The van der Waals surface area contributed by atoms with Crippen LogP contribution in [0.4, 0.5) is 8.78 Å². The van der Waals surface area contributed by atoms with Crippen molar-refractivity contribution in [1.82, 2.24) is 14.4 Å². The lowest BCUT2D eigenvalue weighted by Gasteiger charge is -2.12. The molecule has 4 aromatic rings. The molecule has 1 aliphatic carbocycles. The minimum Gasteiger partial charge on any atom is -0.404 e. The Kier molecular flexibility index (Phi) is 5.51. The van der Waals surface area contributed by atoms with Gasteiger partial charge in [-0.25, -0.2) is 18.3 Å². The Labute approximate surface area is 194 Å². The SMILES string of the molecule is CC(C)c1cc(-c2cn3c(-c4ccc(OP(=O)(O)O)cc4F)c(C4CC4)nc3cn2)ccc1F. The molecule has 7 nitrogen and oxygen atoms in total. The third-order valence-electron chi connectivity index (χ3n) is 5.83. The van der Waals surface area contributed by atoms with Crippen LogP contribution in [0.25, 0.3) is 28.2 Å². The van der Waals surface area contributed by atoms with E-state index in [0.29, 0.717) is 22.6 Å². The third-order valence-corrected chi connectivity index (χ3v) is 6.28. The number of hydrogen-bond acceptors (Lipinski definition) is 4. The van der Waals surface area contributed by atoms with Crippen LogP contribution in [0, 0.1) is 11.6 Å². The summed E-state index contributed by atoms with van der Waals surface area (Å²) in [7, 11) is -4.81. The van der Waals surface area contributed by atoms with E-state index in [4.69, 9.17) is 9.79 Å². The second-order valence-electron chi connectivity index (χ2n) is 8.74. The molecule has 2 aromatic heterocycles. The lowest BCUT2D eigenvalue weighted by molar-refractivity contribution is 0.283. The highest BCUT2D eigenvalue weighted by molar-refractivity contribution is 7.46. The second kappa shape index (κ2) is 8.27. The monoisotopic (exact) mass is 485 g/mol. The highest BCUT2D eigenvalue weighted by Crippen LogP contribution is 2.46. The third kappa shape index (κ3) is 4.34. The van der Waals surface area contributed by atoms with E-state index in [-0.39, 0.29) is 29.0 Å². The molecule has 0 radical (unpaired) electrons. The molecule has 0 bridgehead atoms. The van der Waals surface area contributed by atoms with Crippen LogP contribution in [0.3, 0.4) is 0 Å². The molecule has 10 heteroatoms. The van der Waals surface area contributed by atoms with Gasteiger partial charge in [0.2, 0.25) is 0 Å². The maximum Gasteiger partial charge on any atom is 0.524 e. The molecule has 2 heterocycles. The second-order valence-corrected chi connectivity index (χ2v) is 9.90. The quantitative estimate of drug-likeness (QED) is 0.335. The topological polar surface area (TPSA) is 97.0 Å². The largest absolute Gasteiger partial charge is 0.524 e. The van der Waals surface area contributed by atoms with Crippen molar-refractivity contribution in [1.29, 1.82) is 0 Å². The first-order valence-electron chi connectivity index (χ1n) is 10.8. The Balaban J connectivity index is 1.66. The van der Waals surface area contributed by atoms with Crippen molar-refractivity contribution in [2.24, 2.45) is 0 Å². The van der Waals surface area contributed by atoms with E-state index in [1.165, 1.54) is 18.2 Å². The number of phosphoric ester groups is 1. The summed E-state index contributed by atoms with van der Waals surface area (Å²) in [5.74, 6) is -1.05. The zero-order valence-electron chi connectivity index (χ0n) is 18.4. The molecule has 1 fully saturated rings. The summed E-state index contributed by atoms with van der Waals surface area (Å²) in [6.07, 6.45) is 5.23. The first-order valence-corrected chi connectivity index (χ1v) is 12.4. The van der Waals surface area contributed by atoms with E-state index in [0.717, 1.165) is 30.2 Å². The van der Waals surface area contributed by atoms with E-state index in [1.807, 2.05) is 13.8 Å². The molecule has 1 saturated carbocycles. The van der Waals surface area contributed by atoms with Gasteiger partial charge in [0.05, 0.1) is 23.3 Å². The minimum absolute atomic E-state index is 0.00284. The van der Waals surface area contributed by atoms with Crippen molar-refractivity contribution in [2.75, 3.05) is 0 Å². The van der Waals surface area contributed by atoms with Crippen molar-refractivity contribution >= 4 is 13.5 Å². The summed E-state index contributed by atoms with van der Waals surface area (Å²) in [5, 5.41) is 0. The number of phosphoric acid groups is 1. The van der Waals surface area contributed by atoms with E-state index in [2.05, 4.69) is 14.5 Å². The summed E-state index contributed by atoms with van der Waals surface area (Å²) in [6, 6.07) is 8.51. The lowest BCUT2D eigenvalue weighted by atomic mass is 9.99. The van der Waals surface area contributed by atoms with Crippen LogP contribution >= 0.6 is 7.82 Å². The average Bonchev–Trinajstić information content (AvgIpc) is 3.54. The fourth-order valence-electron chi connectivity index (χ4n) is 4.06. The van der Waals surface area contributed by atoms with Crippen molar-refractivity contribution < 1.29 is 27.7 Å². The number of nitrogens with zero attached hydrogens (tertiary/aromatic N) is 3. The highest BCUT2D eigenvalue weighted by atomic mass is 31.2. The van der Waals surface area contributed by atoms with Gasteiger partial charge < -0.3 is 4.52 Å². The van der Waals surface area contributed by atoms with Crippen LogP contribution in [0.15, 0.2) is 48.8 Å². The molecular formula is C24H22F2N3O4P. The molecular weight excluding hydrogens is 463 g/mol. The maximum atomic E-state index is 15.2. The van der Waals surface area contributed by atoms with Gasteiger partial charge in [0.1, 0.15) is 17.4 Å². The zero-order chi connectivity index (χ0) is 24.2. The lowest BCUT2D eigenvalue weighted by Crippen LogP contribution is -1.98. The average molecular weight is 485 g/mol. The van der Waals surface area contributed by atoms with Gasteiger partial charge >= 0.3 is 7.82 Å². The van der Waals surface area contributed by atoms with Gasteiger partial charge in [0.15, 0.2) is 5.65 Å². The number of fused-ring (bicyclic) bond motifs is 1. The molecule has 0 unspecified atom stereocenters. The normalized spacial score (nSPS) is 14.2. The first-order chi connectivity index (χ1) is 16.1. The molecule has 2 N–H and O–H groups in total. The Hall–Kier alpha value is -3.13. The maximum absolute atomic E-state index is 15.2. The molecule has 0 aliphatic heterocycles. The van der Waals surface area contributed by atoms with Gasteiger partial charge in [-0.1, -0.05) is 13.8 Å². The summed E-state index contributed by atoms with van der Waals surface area (Å²) < 4.78 is 46.8. The summed E-state index contributed by atoms with van der Waals surface area (Å²) in [5.41, 5.74) is 3.95. The predicted octanol–water partition coefficient (Wildman–Crippen LogP) is 5.81. The van der Waals surface area contributed by atoms with E-state index < -0.39 is 13.6 Å². The number of aromatic nitrogens is 3. The first kappa shape index (κ1) is 22.7. The minimum atomic E-state index is -4.81. The number of benzene rings is 2. The number of rotatable bonds is 6. The highest BCUT2D eigenvalue weighted by Gasteiger charge is 2.32. The van der Waals surface area contributed by atoms with Gasteiger partial charge in [0.25, 0.3) is 0 Å². The number of halogens is 2. The number of hydrogen-bond donors (Lipinski definition) is 2. The fraction of sp³-hybridized carbons (Fsp3) is 0.250. The standard InChI is InChI=1S/C24H22F2N3O4P/c1-13(2)18-9-15(5-8-19(18)25)21-12-29-22(11-27-21)28-23(14-3-4-14)24(29)17-7-6-16(10-20(17)26)33-34(30,31)32/h5-14H,3-4H2,1-2H3,(H2,30,31,32). The van der Waals surface area contributed by atoms with Crippen molar-refractivity contribution in [3.8, 4) is 28.3 Å². The Morgan fingerprint density at radius 3 is 2.53 bits per heavy atom. The fourth-order valence-corrected chi connectivity index (χ4v) is 4.45. The molecule has 0 saturated heterocycles. The smallest absolute Gasteiger partial charge is 0.404 e. The van der Waals surface area contributed by atoms with Gasteiger partial charge in [-0.2, -0.15) is 0 Å². The molecule has 0 atom stereocenters. The molecule has 5 rings (SSSR count). The molecule has 2 aromatic carbocycles. The molecule has 0 amide bonds. The van der Waals surface area contributed by atoms with Gasteiger partial charge in [-0.05, 0) is 54.7 Å². The van der Waals surface area contributed by atoms with Gasteiger partial charge in [-0.3, -0.25) is 19.2 Å². The molecule has 34 heavy (non-hydrogen) atoms. The molecule has 176 valence electrons. The predicted molar refractivity (Wildman–Crippen MR) is 123 cm³/mol. The number of imidazole rings is 1. The van der Waals surface area contributed by atoms with Crippen LogP contribution < -0.4 is 4.52 Å². The Bertz CT molecular complexity index is 1460. The van der Waals surface area contributed by atoms with E-state index >= 15 is 4.39 Å². The van der Waals surface area contributed by atoms with Crippen molar-refractivity contribution in [3.63, 3.8) is 0 Å². The summed E-state index contributed by atoms with van der Waals surface area (Å²) in [4.78, 5) is 27.2. The van der Waals surface area contributed by atoms with E-state index in [9.17, 15) is 8.96 Å². The summed E-state index contributed by atoms with van der Waals surface area (Å²) >= 11 is 0. The van der Waals surface area contributed by atoms with Crippen LogP contribution in [0.2, 0.25) is 0 Å².